The van der Waals surface area contributed by atoms with Gasteiger partial charge >= 0.3 is 0 Å². The van der Waals surface area contributed by atoms with E-state index in [1.807, 2.05) is 30.8 Å². The van der Waals surface area contributed by atoms with E-state index >= 15 is 0 Å². The average Bonchev–Trinajstić information content (AvgIpc) is 3.52. The van der Waals surface area contributed by atoms with E-state index in [9.17, 15) is 9.18 Å². The molecule has 180 valence electrons. The zero-order chi connectivity index (χ0) is 23.8. The maximum Gasteiger partial charge on any atom is 0.256 e. The highest BCUT2D eigenvalue weighted by atomic mass is 19.1. The molecule has 1 saturated heterocycles. The highest BCUT2D eigenvalue weighted by Crippen LogP contribution is 2.40. The van der Waals surface area contributed by atoms with Crippen LogP contribution in [0, 0.1) is 5.82 Å². The molecule has 3 aromatic rings. The molecule has 0 unspecified atom stereocenters. The second kappa shape index (κ2) is 9.49. The Bertz CT molecular complexity index is 1170. The summed E-state index contributed by atoms with van der Waals surface area (Å²) in [5.41, 5.74) is 3.36. The first-order valence-electron chi connectivity index (χ1n) is 12.7. The van der Waals surface area contributed by atoms with E-state index in [1.165, 1.54) is 74.7 Å². The Morgan fingerprint density at radius 2 is 1.85 bits per heavy atom. The lowest BCUT2D eigenvalue weighted by molar-refractivity contribution is 0.0754. The van der Waals surface area contributed by atoms with Crippen LogP contribution in [-0.2, 0) is 0 Å². The zero-order valence-electron chi connectivity index (χ0n) is 20.5. The second-order valence-corrected chi connectivity index (χ2v) is 10.3. The van der Waals surface area contributed by atoms with Crippen LogP contribution >= 0.6 is 0 Å². The number of hydrogen-bond donors (Lipinski definition) is 0. The minimum Gasteiger partial charge on any atom is -0.339 e. The monoisotopic (exact) mass is 462 g/mol. The maximum absolute atomic E-state index is 14.3. The first-order chi connectivity index (χ1) is 16.4. The van der Waals surface area contributed by atoms with Crippen LogP contribution in [0.5, 0.6) is 0 Å². The molecule has 3 heterocycles. The van der Waals surface area contributed by atoms with Crippen LogP contribution in [0.4, 0.5) is 4.39 Å². The van der Waals surface area contributed by atoms with Gasteiger partial charge in [-0.1, -0.05) is 0 Å². The number of pyridine rings is 1. The smallest absolute Gasteiger partial charge is 0.256 e. The number of benzene rings is 1. The summed E-state index contributed by atoms with van der Waals surface area (Å²) in [6.07, 6.45) is 13.4. The van der Waals surface area contributed by atoms with Crippen molar-refractivity contribution in [2.24, 2.45) is 0 Å². The van der Waals surface area contributed by atoms with Gasteiger partial charge in [-0.25, -0.2) is 4.39 Å². The molecule has 1 aromatic carbocycles. The Labute approximate surface area is 201 Å². The summed E-state index contributed by atoms with van der Waals surface area (Å²) in [6.45, 7) is 6.43. The Morgan fingerprint density at radius 1 is 1.12 bits per heavy atom. The molecule has 5 nitrogen and oxygen atoms in total. The van der Waals surface area contributed by atoms with Gasteiger partial charge in [-0.05, 0) is 101 Å². The van der Waals surface area contributed by atoms with Crippen LogP contribution in [-0.4, -0.2) is 57.5 Å². The predicted octanol–water partition coefficient (Wildman–Crippen LogP) is 5.77. The molecule has 6 heteroatoms. The van der Waals surface area contributed by atoms with Crippen molar-refractivity contribution in [2.75, 3.05) is 20.1 Å². The lowest BCUT2D eigenvalue weighted by Crippen LogP contribution is -2.35. The molecule has 2 aromatic heterocycles. The van der Waals surface area contributed by atoms with Crippen LogP contribution < -0.4 is 0 Å². The van der Waals surface area contributed by atoms with Crippen LogP contribution in [0.3, 0.4) is 0 Å². The van der Waals surface area contributed by atoms with Gasteiger partial charge in [-0.3, -0.25) is 9.78 Å². The van der Waals surface area contributed by atoms with Gasteiger partial charge in [0.25, 0.3) is 5.91 Å². The van der Waals surface area contributed by atoms with Gasteiger partial charge in [0.05, 0.1) is 23.0 Å². The van der Waals surface area contributed by atoms with Crippen molar-refractivity contribution in [3.63, 3.8) is 0 Å². The fraction of sp³-hybridized carbons (Fsp3) is 0.500. The normalized spacial score (nSPS) is 21.4. The molecule has 0 bridgehead atoms. The van der Waals surface area contributed by atoms with Gasteiger partial charge in [0.1, 0.15) is 5.82 Å². The minimum atomic E-state index is -0.403. The van der Waals surface area contributed by atoms with E-state index in [0.717, 1.165) is 11.6 Å². The van der Waals surface area contributed by atoms with Crippen molar-refractivity contribution < 1.29 is 9.18 Å². The Balaban J connectivity index is 1.51. The topological polar surface area (TPSA) is 41.4 Å². The van der Waals surface area contributed by atoms with E-state index in [0.29, 0.717) is 17.2 Å². The number of likely N-dealkylation sites (tertiary alicyclic amines) is 1. The highest BCUT2D eigenvalue weighted by Gasteiger charge is 2.30. The first kappa shape index (κ1) is 23.0. The number of hydrogen-bond acceptors (Lipinski definition) is 3. The summed E-state index contributed by atoms with van der Waals surface area (Å²) in [7, 11) is 1.77. The third-order valence-electron chi connectivity index (χ3n) is 7.98. The Morgan fingerprint density at radius 3 is 2.56 bits per heavy atom. The van der Waals surface area contributed by atoms with Crippen LogP contribution in [0.25, 0.3) is 16.6 Å². The van der Waals surface area contributed by atoms with Crippen molar-refractivity contribution in [3.05, 3.63) is 59.8 Å². The van der Waals surface area contributed by atoms with Crippen molar-refractivity contribution in [2.45, 2.75) is 70.4 Å². The lowest BCUT2D eigenvalue weighted by Gasteiger charge is -2.34. The van der Waals surface area contributed by atoms with Crippen molar-refractivity contribution >= 4 is 16.8 Å². The van der Waals surface area contributed by atoms with Gasteiger partial charge in [0.15, 0.2) is 0 Å². The Hall–Kier alpha value is -2.73. The Kier molecular flexibility index (Phi) is 6.43. The molecule has 1 aliphatic heterocycles. The standard InChI is InChI=1S/C28H35FN4O/c1-19(2)31(3)28(34)24-16-21(29)8-11-26(24)33-18-25(23-12-13-30-17-27(23)33)20-6-9-22(10-7-20)32-14-4-5-15-32/h8,11-13,16-20,22H,4-7,9-10,14-15H2,1-3H3/t20-,22+. The first-order valence-corrected chi connectivity index (χ1v) is 12.7. The minimum absolute atomic E-state index is 0.0213. The largest absolute Gasteiger partial charge is 0.339 e. The number of aromatic nitrogens is 2. The van der Waals surface area contributed by atoms with E-state index in [2.05, 4.69) is 22.1 Å². The summed E-state index contributed by atoms with van der Waals surface area (Å²) in [6, 6.07) is 7.34. The molecule has 34 heavy (non-hydrogen) atoms. The molecule has 0 spiro atoms. The second-order valence-electron chi connectivity index (χ2n) is 10.3. The maximum atomic E-state index is 14.3. The SMILES string of the molecule is CC(C)N(C)C(=O)c1cc(F)ccc1-n1cc([C@H]2CC[C@@H](N3CCCC3)CC2)c2ccncc21. The molecular formula is C28H35FN4O. The summed E-state index contributed by atoms with van der Waals surface area (Å²) in [5.74, 6) is -0.0925. The zero-order valence-corrected chi connectivity index (χ0v) is 20.5. The van der Waals surface area contributed by atoms with Gasteiger partial charge in [0.2, 0.25) is 0 Å². The van der Waals surface area contributed by atoms with E-state index < -0.39 is 5.82 Å². The molecule has 1 aliphatic carbocycles. The van der Waals surface area contributed by atoms with Gasteiger partial charge < -0.3 is 14.4 Å². The van der Waals surface area contributed by atoms with Crippen molar-refractivity contribution in [1.82, 2.24) is 19.4 Å². The number of carbonyl (C=O) groups is 1. The number of fused-ring (bicyclic) bond motifs is 1. The number of halogens is 1. The molecular weight excluding hydrogens is 427 g/mol. The van der Waals surface area contributed by atoms with Gasteiger partial charge in [0, 0.05) is 36.9 Å². The number of nitrogens with zero attached hydrogens (tertiary/aromatic N) is 4. The van der Waals surface area contributed by atoms with E-state index in [-0.39, 0.29) is 11.9 Å². The molecule has 2 aliphatic rings. The highest BCUT2D eigenvalue weighted by molar-refractivity contribution is 5.99. The predicted molar refractivity (Wildman–Crippen MR) is 134 cm³/mol. The molecule has 0 radical (unpaired) electrons. The van der Waals surface area contributed by atoms with E-state index in [1.54, 1.807) is 18.0 Å². The average molecular weight is 463 g/mol. The quantitative estimate of drug-likeness (QED) is 0.484. The lowest BCUT2D eigenvalue weighted by atomic mass is 9.81. The molecule has 1 saturated carbocycles. The summed E-state index contributed by atoms with van der Waals surface area (Å²) in [5, 5.41) is 1.18. The van der Waals surface area contributed by atoms with Gasteiger partial charge in [-0.15, -0.1) is 0 Å². The number of carbonyl (C=O) groups excluding carboxylic acids is 1. The summed E-state index contributed by atoms with van der Waals surface area (Å²) in [4.78, 5) is 22.0. The fourth-order valence-electron chi connectivity index (χ4n) is 5.80. The van der Waals surface area contributed by atoms with Crippen molar-refractivity contribution in [3.8, 4) is 5.69 Å². The fourth-order valence-corrected chi connectivity index (χ4v) is 5.80. The van der Waals surface area contributed by atoms with Crippen LogP contribution in [0.2, 0.25) is 0 Å². The summed E-state index contributed by atoms with van der Waals surface area (Å²) < 4.78 is 16.3. The molecule has 2 fully saturated rings. The van der Waals surface area contributed by atoms with Crippen LogP contribution in [0.15, 0.2) is 42.9 Å². The van der Waals surface area contributed by atoms with E-state index in [4.69, 9.17) is 0 Å². The molecule has 0 atom stereocenters. The molecule has 0 N–H and O–H groups in total. The summed E-state index contributed by atoms with van der Waals surface area (Å²) >= 11 is 0. The molecule has 1 amide bonds. The third-order valence-corrected chi connectivity index (χ3v) is 7.98. The third kappa shape index (κ3) is 4.24. The molecule has 5 rings (SSSR count). The van der Waals surface area contributed by atoms with Crippen LogP contribution in [0.1, 0.15) is 74.2 Å². The van der Waals surface area contributed by atoms with Gasteiger partial charge in [-0.2, -0.15) is 0 Å². The number of amides is 1. The number of rotatable bonds is 5. The van der Waals surface area contributed by atoms with Crippen molar-refractivity contribution in [1.29, 1.82) is 0 Å².